The molecule has 0 bridgehead atoms. The summed E-state index contributed by atoms with van der Waals surface area (Å²) in [5.41, 5.74) is 0. The lowest BCUT2D eigenvalue weighted by Gasteiger charge is -2.09. The zero-order valence-corrected chi connectivity index (χ0v) is 16.7. The zero-order chi connectivity index (χ0) is 18.5. The number of thioether (sulfide) groups is 1. The highest BCUT2D eigenvalue weighted by molar-refractivity contribution is 8.00. The van der Waals surface area contributed by atoms with Crippen LogP contribution in [0.2, 0.25) is 5.02 Å². The first-order valence-electron chi connectivity index (χ1n) is 8.31. The minimum absolute atomic E-state index is 0.0174. The summed E-state index contributed by atoms with van der Waals surface area (Å²) in [4.78, 5) is 13.2. The average molecular weight is 407 g/mol. The maximum atomic E-state index is 12.2. The first-order valence-corrected chi connectivity index (χ1v) is 10.1. The number of hydrogen-bond acceptors (Lipinski definition) is 4. The molecule has 3 aromatic rings. The molecule has 3 rings (SSSR count). The molecule has 0 atom stereocenters. The van der Waals surface area contributed by atoms with E-state index in [4.69, 9.17) is 23.8 Å². The normalized spacial score (nSPS) is 11.0. The number of carbonyl (C=O) groups excluding carboxylic acids is 1. The number of benzene rings is 2. The maximum absolute atomic E-state index is 12.2. The molecule has 2 N–H and O–H groups in total. The molecule has 1 amide bonds. The van der Waals surface area contributed by atoms with Crippen LogP contribution in [-0.4, -0.2) is 33.0 Å². The minimum Gasteiger partial charge on any atom is -0.355 e. The van der Waals surface area contributed by atoms with Gasteiger partial charge in [-0.15, -0.1) is 11.8 Å². The molecule has 8 heteroatoms. The minimum atomic E-state index is -0.0174. The molecule has 0 aliphatic carbocycles. The highest BCUT2D eigenvalue weighted by atomic mass is 35.5. The number of nitrogens with zero attached hydrogens (tertiary/aromatic N) is 2. The lowest BCUT2D eigenvalue weighted by molar-refractivity contribution is -0.118. The van der Waals surface area contributed by atoms with Crippen LogP contribution in [0.1, 0.15) is 12.7 Å². The van der Waals surface area contributed by atoms with E-state index >= 15 is 0 Å². The first-order chi connectivity index (χ1) is 12.6. The van der Waals surface area contributed by atoms with Crippen molar-refractivity contribution in [3.05, 3.63) is 52.0 Å². The number of rotatable bonds is 7. The highest BCUT2D eigenvalue weighted by Gasteiger charge is 2.09. The number of amides is 1. The van der Waals surface area contributed by atoms with Crippen molar-refractivity contribution in [1.29, 1.82) is 0 Å². The number of carbonyl (C=O) groups is 1. The molecule has 0 aliphatic heterocycles. The Labute approximate surface area is 166 Å². The van der Waals surface area contributed by atoms with Crippen LogP contribution in [-0.2, 0) is 17.8 Å². The third-order valence-electron chi connectivity index (χ3n) is 4.00. The molecule has 0 fully saturated rings. The van der Waals surface area contributed by atoms with Gasteiger partial charge in [0.1, 0.15) is 5.82 Å². The summed E-state index contributed by atoms with van der Waals surface area (Å²) in [6.45, 7) is 3.30. The van der Waals surface area contributed by atoms with Gasteiger partial charge >= 0.3 is 0 Å². The molecule has 0 saturated heterocycles. The van der Waals surface area contributed by atoms with Gasteiger partial charge < -0.3 is 9.88 Å². The van der Waals surface area contributed by atoms with Gasteiger partial charge in [0.25, 0.3) is 0 Å². The lowest BCUT2D eigenvalue weighted by Crippen LogP contribution is -2.28. The average Bonchev–Trinajstić information content (AvgIpc) is 2.99. The summed E-state index contributed by atoms with van der Waals surface area (Å²) in [6.07, 6.45) is 0.636. The van der Waals surface area contributed by atoms with Crippen LogP contribution < -0.4 is 5.32 Å². The summed E-state index contributed by atoms with van der Waals surface area (Å²) in [5.74, 6) is 1.17. The fraction of sp³-hybridized carbons (Fsp3) is 0.278. The summed E-state index contributed by atoms with van der Waals surface area (Å²) >= 11 is 13.0. The van der Waals surface area contributed by atoms with Crippen LogP contribution in [0.25, 0.3) is 10.8 Å². The number of halogens is 1. The number of aromatic nitrogens is 3. The molecule has 0 radical (unpaired) electrons. The van der Waals surface area contributed by atoms with Gasteiger partial charge in [-0.05, 0) is 36.7 Å². The van der Waals surface area contributed by atoms with Gasteiger partial charge in [-0.25, -0.2) is 0 Å². The number of fused-ring (bicyclic) bond motifs is 1. The SMILES string of the molecule is CCn1c(CCNC(=O)CSc2cccc3cccc(Cl)c23)n[nH]c1=S. The topological polar surface area (TPSA) is 62.7 Å². The monoisotopic (exact) mass is 406 g/mol. The van der Waals surface area contributed by atoms with Crippen molar-refractivity contribution in [2.45, 2.75) is 24.8 Å². The van der Waals surface area contributed by atoms with E-state index in [1.54, 1.807) is 0 Å². The van der Waals surface area contributed by atoms with E-state index in [9.17, 15) is 4.79 Å². The Bertz CT molecular complexity index is 977. The van der Waals surface area contributed by atoms with Gasteiger partial charge in [0.05, 0.1) is 5.75 Å². The highest BCUT2D eigenvalue weighted by Crippen LogP contribution is 2.32. The summed E-state index contributed by atoms with van der Waals surface area (Å²) < 4.78 is 2.53. The number of aromatic amines is 1. The molecule has 0 aliphatic rings. The molecule has 0 unspecified atom stereocenters. The fourth-order valence-electron chi connectivity index (χ4n) is 2.76. The number of nitrogens with one attached hydrogen (secondary N) is 2. The molecule has 0 spiro atoms. The maximum Gasteiger partial charge on any atom is 0.230 e. The smallest absolute Gasteiger partial charge is 0.230 e. The molecule has 5 nitrogen and oxygen atoms in total. The molecule has 1 heterocycles. The van der Waals surface area contributed by atoms with Crippen LogP contribution in [0.3, 0.4) is 0 Å². The second kappa shape index (κ2) is 8.70. The van der Waals surface area contributed by atoms with E-state index < -0.39 is 0 Å². The Hall–Kier alpha value is -1.83. The van der Waals surface area contributed by atoms with Gasteiger partial charge in [-0.1, -0.05) is 35.9 Å². The van der Waals surface area contributed by atoms with Crippen LogP contribution >= 0.6 is 35.6 Å². The van der Waals surface area contributed by atoms with Crippen molar-refractivity contribution >= 4 is 52.3 Å². The Kier molecular flexibility index (Phi) is 6.34. The Morgan fingerprint density at radius 2 is 2.12 bits per heavy atom. The van der Waals surface area contributed by atoms with Crippen molar-refractivity contribution in [2.75, 3.05) is 12.3 Å². The van der Waals surface area contributed by atoms with E-state index in [1.165, 1.54) is 11.8 Å². The Morgan fingerprint density at radius 3 is 2.88 bits per heavy atom. The fourth-order valence-corrected chi connectivity index (χ4v) is 4.31. The third-order valence-corrected chi connectivity index (χ3v) is 5.68. The summed E-state index contributed by atoms with van der Waals surface area (Å²) in [5, 5.41) is 12.7. The van der Waals surface area contributed by atoms with Crippen molar-refractivity contribution in [3.63, 3.8) is 0 Å². The van der Waals surface area contributed by atoms with E-state index in [0.29, 0.717) is 28.5 Å². The molecule has 0 saturated carbocycles. The zero-order valence-electron chi connectivity index (χ0n) is 14.3. The molecular weight excluding hydrogens is 388 g/mol. The second-order valence-electron chi connectivity index (χ2n) is 5.67. The van der Waals surface area contributed by atoms with Crippen LogP contribution in [0.15, 0.2) is 41.3 Å². The molecule has 136 valence electrons. The van der Waals surface area contributed by atoms with Crippen molar-refractivity contribution in [2.24, 2.45) is 0 Å². The van der Waals surface area contributed by atoms with Crippen LogP contribution in [0.4, 0.5) is 0 Å². The van der Waals surface area contributed by atoms with E-state index in [-0.39, 0.29) is 5.91 Å². The quantitative estimate of drug-likeness (QED) is 0.455. The molecule has 26 heavy (non-hydrogen) atoms. The lowest BCUT2D eigenvalue weighted by atomic mass is 10.1. The van der Waals surface area contributed by atoms with Gasteiger partial charge in [0.15, 0.2) is 4.77 Å². The second-order valence-corrected chi connectivity index (χ2v) is 7.48. The molecule has 2 aromatic carbocycles. The van der Waals surface area contributed by atoms with Gasteiger partial charge in [-0.2, -0.15) is 5.10 Å². The predicted octanol–water partition coefficient (Wildman–Crippen LogP) is 4.22. The first kappa shape index (κ1) is 18.9. The third kappa shape index (κ3) is 4.28. The van der Waals surface area contributed by atoms with E-state index in [2.05, 4.69) is 15.5 Å². The number of hydrogen-bond donors (Lipinski definition) is 2. The predicted molar refractivity (Wildman–Crippen MR) is 109 cm³/mol. The van der Waals surface area contributed by atoms with Crippen molar-refractivity contribution in [3.8, 4) is 0 Å². The molecule has 1 aromatic heterocycles. The Balaban J connectivity index is 1.56. The van der Waals surface area contributed by atoms with Crippen molar-refractivity contribution in [1.82, 2.24) is 20.1 Å². The standard InChI is InChI=1S/C18H19ClN4OS2/c1-2-23-15(21-22-18(23)25)9-10-20-16(24)11-26-14-8-4-6-12-5-3-7-13(19)17(12)14/h3-8H,2,9-11H2,1H3,(H,20,24)(H,22,25). The van der Waals surface area contributed by atoms with E-state index in [1.807, 2.05) is 47.9 Å². The summed E-state index contributed by atoms with van der Waals surface area (Å²) in [7, 11) is 0. The van der Waals surface area contributed by atoms with Crippen LogP contribution in [0, 0.1) is 4.77 Å². The van der Waals surface area contributed by atoms with Gasteiger partial charge in [-0.3, -0.25) is 9.89 Å². The summed E-state index contributed by atoms with van der Waals surface area (Å²) in [6, 6.07) is 11.8. The largest absolute Gasteiger partial charge is 0.355 e. The van der Waals surface area contributed by atoms with Gasteiger partial charge in [0, 0.05) is 34.8 Å². The number of H-pyrrole nitrogens is 1. The van der Waals surface area contributed by atoms with Crippen molar-refractivity contribution < 1.29 is 4.79 Å². The van der Waals surface area contributed by atoms with Gasteiger partial charge in [0.2, 0.25) is 5.91 Å². The van der Waals surface area contributed by atoms with Crippen LogP contribution in [0.5, 0.6) is 0 Å². The van der Waals surface area contributed by atoms with E-state index in [0.717, 1.165) is 28.0 Å². The molecular formula is C18H19ClN4OS2. The Morgan fingerprint density at radius 1 is 1.35 bits per heavy atom.